The third kappa shape index (κ3) is 3.29. The maximum atomic E-state index is 11.6. The highest BCUT2D eigenvalue weighted by molar-refractivity contribution is 9.10. The molecule has 7 heteroatoms. The predicted octanol–water partition coefficient (Wildman–Crippen LogP) is 0.479. The van der Waals surface area contributed by atoms with E-state index in [0.717, 1.165) is 0 Å². The molecule has 2 N–H and O–H groups in total. The van der Waals surface area contributed by atoms with Crippen LogP contribution in [0.15, 0.2) is 15.5 Å². The molecule has 0 fully saturated rings. The number of aromatic nitrogens is 2. The van der Waals surface area contributed by atoms with Gasteiger partial charge in [-0.05, 0) is 29.8 Å². The lowest BCUT2D eigenvalue weighted by Crippen LogP contribution is -2.38. The number of nitrogens with one attached hydrogen (secondary N) is 2. The van der Waals surface area contributed by atoms with Crippen LogP contribution >= 0.6 is 15.9 Å². The Kier molecular flexibility index (Phi) is 4.68. The van der Waals surface area contributed by atoms with Crippen molar-refractivity contribution in [3.8, 4) is 0 Å². The molecule has 1 unspecified atom stereocenters. The predicted molar refractivity (Wildman–Crippen MR) is 68.9 cm³/mol. The molecule has 17 heavy (non-hydrogen) atoms. The maximum absolute atomic E-state index is 11.6. The molecular formula is C10H15BrN4O2. The molecule has 6 nitrogen and oxygen atoms in total. The van der Waals surface area contributed by atoms with Gasteiger partial charge in [-0.1, -0.05) is 0 Å². The van der Waals surface area contributed by atoms with Crippen molar-refractivity contribution >= 4 is 27.5 Å². The Hall–Kier alpha value is -1.37. The minimum Gasteiger partial charge on any atom is -0.372 e. The number of carbonyl (C=O) groups is 1. The number of hydrogen-bond acceptors (Lipinski definition) is 4. The van der Waals surface area contributed by atoms with Crippen molar-refractivity contribution in [1.82, 2.24) is 15.1 Å². The van der Waals surface area contributed by atoms with Crippen LogP contribution in [0.4, 0.5) is 5.69 Å². The Labute approximate surface area is 108 Å². The first-order valence-electron chi connectivity index (χ1n) is 5.23. The average Bonchev–Trinajstić information content (AvgIpc) is 2.30. The third-order valence-corrected chi connectivity index (χ3v) is 2.96. The van der Waals surface area contributed by atoms with Gasteiger partial charge in [0.05, 0.1) is 11.9 Å². The summed E-state index contributed by atoms with van der Waals surface area (Å²) in [5, 5.41) is 9.50. The van der Waals surface area contributed by atoms with E-state index in [9.17, 15) is 9.59 Å². The number of halogens is 1. The molecule has 0 aliphatic rings. The van der Waals surface area contributed by atoms with Crippen molar-refractivity contribution in [3.05, 3.63) is 21.0 Å². The van der Waals surface area contributed by atoms with E-state index in [1.807, 2.05) is 6.92 Å². The molecule has 1 aromatic heterocycles. The molecule has 0 aliphatic carbocycles. The molecule has 0 spiro atoms. The van der Waals surface area contributed by atoms with Crippen molar-refractivity contribution in [2.45, 2.75) is 19.9 Å². The molecule has 0 bridgehead atoms. The Balaban J connectivity index is 2.86. The van der Waals surface area contributed by atoms with Gasteiger partial charge in [0, 0.05) is 13.6 Å². The summed E-state index contributed by atoms with van der Waals surface area (Å²) in [6.45, 7) is 4.14. The number of carbonyl (C=O) groups excluding carboxylic acids is 1. The van der Waals surface area contributed by atoms with Crippen LogP contribution in [0.5, 0.6) is 0 Å². The van der Waals surface area contributed by atoms with Crippen molar-refractivity contribution in [3.63, 3.8) is 0 Å². The van der Waals surface area contributed by atoms with Gasteiger partial charge in [0.2, 0.25) is 5.91 Å². The summed E-state index contributed by atoms with van der Waals surface area (Å²) in [7, 11) is 1.56. The fourth-order valence-corrected chi connectivity index (χ4v) is 1.71. The Bertz CT molecular complexity index is 472. The number of anilines is 1. The Morgan fingerprint density at radius 3 is 2.88 bits per heavy atom. The maximum Gasteiger partial charge on any atom is 0.282 e. The van der Waals surface area contributed by atoms with E-state index >= 15 is 0 Å². The highest BCUT2D eigenvalue weighted by Gasteiger charge is 2.14. The first-order valence-corrected chi connectivity index (χ1v) is 6.02. The minimum absolute atomic E-state index is 0.125. The quantitative estimate of drug-likeness (QED) is 0.848. The summed E-state index contributed by atoms with van der Waals surface area (Å²) in [6.07, 6.45) is 1.50. The van der Waals surface area contributed by atoms with Gasteiger partial charge in [-0.2, -0.15) is 5.10 Å². The van der Waals surface area contributed by atoms with Crippen LogP contribution in [0, 0.1) is 0 Å². The number of hydrogen-bond donors (Lipinski definition) is 2. The minimum atomic E-state index is -0.430. The summed E-state index contributed by atoms with van der Waals surface area (Å²) in [5.74, 6) is -0.125. The van der Waals surface area contributed by atoms with Crippen molar-refractivity contribution < 1.29 is 4.79 Å². The van der Waals surface area contributed by atoms with Crippen LogP contribution in [-0.4, -0.2) is 28.3 Å². The number of amides is 1. The van der Waals surface area contributed by atoms with Gasteiger partial charge < -0.3 is 10.6 Å². The van der Waals surface area contributed by atoms with Crippen LogP contribution in [0.25, 0.3) is 0 Å². The van der Waals surface area contributed by atoms with Gasteiger partial charge >= 0.3 is 0 Å². The lowest BCUT2D eigenvalue weighted by atomic mass is 10.3. The zero-order valence-electron chi connectivity index (χ0n) is 9.95. The van der Waals surface area contributed by atoms with Gasteiger partial charge in [0.1, 0.15) is 10.5 Å². The van der Waals surface area contributed by atoms with Crippen molar-refractivity contribution in [2.75, 3.05) is 11.9 Å². The van der Waals surface area contributed by atoms with Crippen LogP contribution < -0.4 is 16.2 Å². The number of nitrogens with zero attached hydrogens (tertiary/aromatic N) is 2. The summed E-state index contributed by atoms with van der Waals surface area (Å²) in [6, 6.07) is -0.430. The van der Waals surface area contributed by atoms with E-state index in [0.29, 0.717) is 16.7 Å². The summed E-state index contributed by atoms with van der Waals surface area (Å²) < 4.78 is 1.58. The highest BCUT2D eigenvalue weighted by Crippen LogP contribution is 2.16. The number of likely N-dealkylation sites (N-methyl/N-ethyl adjacent to an activating group) is 1. The van der Waals surface area contributed by atoms with Crippen molar-refractivity contribution in [2.24, 2.45) is 7.05 Å². The summed E-state index contributed by atoms with van der Waals surface area (Å²) in [4.78, 5) is 23.1. The fourth-order valence-electron chi connectivity index (χ4n) is 1.24. The van der Waals surface area contributed by atoms with Crippen LogP contribution in [-0.2, 0) is 11.8 Å². The molecular weight excluding hydrogens is 288 g/mol. The van der Waals surface area contributed by atoms with E-state index in [2.05, 4.69) is 31.7 Å². The lowest BCUT2D eigenvalue weighted by Gasteiger charge is -2.15. The monoisotopic (exact) mass is 302 g/mol. The second-order valence-electron chi connectivity index (χ2n) is 3.56. The van der Waals surface area contributed by atoms with Crippen molar-refractivity contribution in [1.29, 1.82) is 0 Å². The van der Waals surface area contributed by atoms with Gasteiger partial charge in [0.25, 0.3) is 5.56 Å². The Morgan fingerprint density at radius 1 is 1.65 bits per heavy atom. The molecule has 0 aliphatic heterocycles. The van der Waals surface area contributed by atoms with E-state index in [1.165, 1.54) is 10.9 Å². The van der Waals surface area contributed by atoms with E-state index in [-0.39, 0.29) is 11.5 Å². The molecule has 1 atom stereocenters. The standard InChI is InChI=1S/C10H15BrN4O2/c1-4-12-9(16)6(2)14-7-5-13-15(3)10(17)8(7)11/h5-6,14H,4H2,1-3H3,(H,12,16). The molecule has 1 amide bonds. The topological polar surface area (TPSA) is 76.0 Å². The Morgan fingerprint density at radius 2 is 2.29 bits per heavy atom. The molecule has 0 saturated carbocycles. The SMILES string of the molecule is CCNC(=O)C(C)Nc1cnn(C)c(=O)c1Br. The fraction of sp³-hybridized carbons (Fsp3) is 0.500. The van der Waals surface area contributed by atoms with Gasteiger partial charge in [-0.15, -0.1) is 0 Å². The van der Waals surface area contributed by atoms with E-state index in [1.54, 1.807) is 14.0 Å². The van der Waals surface area contributed by atoms with Gasteiger partial charge in [-0.3, -0.25) is 9.59 Å². The lowest BCUT2D eigenvalue weighted by molar-refractivity contribution is -0.121. The third-order valence-electron chi connectivity index (χ3n) is 2.19. The molecule has 1 rings (SSSR count). The summed E-state index contributed by atoms with van der Waals surface area (Å²) >= 11 is 3.18. The number of rotatable bonds is 4. The van der Waals surface area contributed by atoms with Crippen LogP contribution in [0.3, 0.4) is 0 Å². The van der Waals surface area contributed by atoms with E-state index < -0.39 is 6.04 Å². The zero-order chi connectivity index (χ0) is 13.0. The molecule has 1 heterocycles. The average molecular weight is 303 g/mol. The smallest absolute Gasteiger partial charge is 0.282 e. The zero-order valence-corrected chi connectivity index (χ0v) is 11.5. The van der Waals surface area contributed by atoms with E-state index in [4.69, 9.17) is 0 Å². The molecule has 0 aromatic carbocycles. The normalized spacial score (nSPS) is 12.0. The van der Waals surface area contributed by atoms with Gasteiger partial charge in [0.15, 0.2) is 0 Å². The second kappa shape index (κ2) is 5.81. The molecule has 0 radical (unpaired) electrons. The second-order valence-corrected chi connectivity index (χ2v) is 4.35. The van der Waals surface area contributed by atoms with Crippen LogP contribution in [0.1, 0.15) is 13.8 Å². The molecule has 0 saturated heterocycles. The largest absolute Gasteiger partial charge is 0.372 e. The highest BCUT2D eigenvalue weighted by atomic mass is 79.9. The number of aryl methyl sites for hydroxylation is 1. The molecule has 1 aromatic rings. The van der Waals surface area contributed by atoms with Gasteiger partial charge in [-0.25, -0.2) is 4.68 Å². The first kappa shape index (κ1) is 13.7. The van der Waals surface area contributed by atoms with Crippen LogP contribution in [0.2, 0.25) is 0 Å². The summed E-state index contributed by atoms with van der Waals surface area (Å²) in [5.41, 5.74) is 0.255. The first-order chi connectivity index (χ1) is 7.97. The molecule has 94 valence electrons.